The standard InChI is InChI=1S/C24H22N2O4S/c1-13-6-16(8-14-2-4-18-20(9-14)29-11-27-18)23-17(7-13)22(25-24(31)26-23)15-3-5-19-21(10-15)30-12-28-19/h2-5,8-10,13,22H,6-7,11-12H2,1H3,(H2,25,26,31)/b16-8+/t13-,22-/m1/s1. The molecule has 0 saturated carbocycles. The zero-order valence-electron chi connectivity index (χ0n) is 17.1. The third kappa shape index (κ3) is 3.29. The Balaban J connectivity index is 1.41. The Kier molecular flexibility index (Phi) is 4.31. The lowest BCUT2D eigenvalue weighted by atomic mass is 9.78. The summed E-state index contributed by atoms with van der Waals surface area (Å²) < 4.78 is 22.1. The van der Waals surface area contributed by atoms with Gasteiger partial charge in [-0.25, -0.2) is 0 Å². The molecular weight excluding hydrogens is 412 g/mol. The van der Waals surface area contributed by atoms with E-state index >= 15 is 0 Å². The molecule has 2 atom stereocenters. The molecule has 158 valence electrons. The quantitative estimate of drug-likeness (QED) is 0.678. The molecule has 1 aliphatic carbocycles. The van der Waals surface area contributed by atoms with Gasteiger partial charge in [0.25, 0.3) is 0 Å². The third-order valence-electron chi connectivity index (χ3n) is 6.11. The van der Waals surface area contributed by atoms with E-state index in [9.17, 15) is 0 Å². The van der Waals surface area contributed by atoms with E-state index in [0.29, 0.717) is 11.0 Å². The van der Waals surface area contributed by atoms with Crippen LogP contribution in [-0.4, -0.2) is 18.7 Å². The van der Waals surface area contributed by atoms with E-state index in [1.54, 1.807) is 0 Å². The molecule has 2 aromatic carbocycles. The summed E-state index contributed by atoms with van der Waals surface area (Å²) in [6.45, 7) is 2.84. The Labute approximate surface area is 185 Å². The molecule has 0 aromatic heterocycles. The number of rotatable bonds is 2. The van der Waals surface area contributed by atoms with E-state index in [1.807, 2.05) is 18.2 Å². The normalized spacial score (nSPS) is 24.7. The molecule has 6 nitrogen and oxygen atoms in total. The van der Waals surface area contributed by atoms with Crippen LogP contribution in [0.25, 0.3) is 6.08 Å². The lowest BCUT2D eigenvalue weighted by Crippen LogP contribution is -2.45. The summed E-state index contributed by atoms with van der Waals surface area (Å²) in [7, 11) is 0. The van der Waals surface area contributed by atoms with Gasteiger partial charge in [-0.1, -0.05) is 19.1 Å². The van der Waals surface area contributed by atoms with Gasteiger partial charge in [0, 0.05) is 5.70 Å². The highest BCUT2D eigenvalue weighted by molar-refractivity contribution is 7.80. The third-order valence-corrected chi connectivity index (χ3v) is 6.33. The van der Waals surface area contributed by atoms with Crippen molar-refractivity contribution >= 4 is 23.4 Å². The van der Waals surface area contributed by atoms with Crippen molar-refractivity contribution in [3.05, 3.63) is 64.4 Å². The second-order valence-electron chi connectivity index (χ2n) is 8.34. The highest BCUT2D eigenvalue weighted by atomic mass is 32.1. The van der Waals surface area contributed by atoms with Gasteiger partial charge in [-0.3, -0.25) is 0 Å². The van der Waals surface area contributed by atoms with Gasteiger partial charge >= 0.3 is 0 Å². The SMILES string of the molecule is C[C@H]1CC2=C(NC(=S)N[C@@H]2c2ccc3c(c2)OCO3)/C(=C/c2ccc3c(c2)OCO3)C1. The summed E-state index contributed by atoms with van der Waals surface area (Å²) in [5.74, 6) is 3.68. The molecule has 0 spiro atoms. The van der Waals surface area contributed by atoms with Gasteiger partial charge in [-0.2, -0.15) is 0 Å². The van der Waals surface area contributed by atoms with Crippen LogP contribution < -0.4 is 29.6 Å². The topological polar surface area (TPSA) is 61.0 Å². The minimum atomic E-state index is 0.00107. The number of benzene rings is 2. The largest absolute Gasteiger partial charge is 0.454 e. The molecule has 6 rings (SSSR count). The van der Waals surface area contributed by atoms with Gasteiger partial charge in [0.2, 0.25) is 13.6 Å². The first kappa shape index (κ1) is 18.6. The average Bonchev–Trinajstić information content (AvgIpc) is 3.42. The number of fused-ring (bicyclic) bond motifs is 2. The van der Waals surface area contributed by atoms with Crippen LogP contribution in [0.1, 0.15) is 36.9 Å². The molecule has 31 heavy (non-hydrogen) atoms. The first-order valence-electron chi connectivity index (χ1n) is 10.4. The molecule has 0 radical (unpaired) electrons. The fraction of sp³-hybridized carbons (Fsp3) is 0.292. The lowest BCUT2D eigenvalue weighted by molar-refractivity contribution is 0.173. The summed E-state index contributed by atoms with van der Waals surface area (Å²) in [6, 6.07) is 12.2. The maximum Gasteiger partial charge on any atom is 0.231 e. The maximum absolute atomic E-state index is 5.60. The monoisotopic (exact) mass is 434 g/mol. The highest BCUT2D eigenvalue weighted by Gasteiger charge is 2.33. The van der Waals surface area contributed by atoms with E-state index < -0.39 is 0 Å². The Morgan fingerprint density at radius 2 is 1.61 bits per heavy atom. The van der Waals surface area contributed by atoms with Crippen LogP contribution in [0.15, 0.2) is 53.2 Å². The summed E-state index contributed by atoms with van der Waals surface area (Å²) in [5.41, 5.74) is 5.91. The number of hydrogen-bond acceptors (Lipinski definition) is 5. The molecular formula is C24H22N2O4S. The predicted octanol–water partition coefficient (Wildman–Crippen LogP) is 4.43. The molecule has 7 heteroatoms. The van der Waals surface area contributed by atoms with Gasteiger partial charge in [0.15, 0.2) is 28.1 Å². The zero-order valence-corrected chi connectivity index (χ0v) is 17.9. The number of nitrogens with one attached hydrogen (secondary N) is 2. The molecule has 0 amide bonds. The zero-order chi connectivity index (χ0) is 20.9. The van der Waals surface area contributed by atoms with Gasteiger partial charge in [-0.05, 0) is 83.6 Å². The highest BCUT2D eigenvalue weighted by Crippen LogP contribution is 2.43. The average molecular weight is 435 g/mol. The smallest absolute Gasteiger partial charge is 0.231 e. The van der Waals surface area contributed by atoms with Crippen LogP contribution in [0.2, 0.25) is 0 Å². The van der Waals surface area contributed by atoms with E-state index in [2.05, 4.69) is 41.8 Å². The Morgan fingerprint density at radius 3 is 2.42 bits per heavy atom. The fourth-order valence-electron chi connectivity index (χ4n) is 4.74. The summed E-state index contributed by atoms with van der Waals surface area (Å²) in [5, 5.41) is 7.53. The molecule has 2 aromatic rings. The molecule has 0 fully saturated rings. The number of allylic oxidation sites excluding steroid dienone is 1. The minimum Gasteiger partial charge on any atom is -0.454 e. The van der Waals surface area contributed by atoms with Crippen LogP contribution in [0.5, 0.6) is 23.0 Å². The van der Waals surface area contributed by atoms with Gasteiger partial charge in [0.05, 0.1) is 6.04 Å². The molecule has 0 unspecified atom stereocenters. The Morgan fingerprint density at radius 1 is 0.903 bits per heavy atom. The van der Waals surface area contributed by atoms with Crippen molar-refractivity contribution in [3.63, 3.8) is 0 Å². The molecule has 4 aliphatic rings. The minimum absolute atomic E-state index is 0.00107. The van der Waals surface area contributed by atoms with Crippen LogP contribution in [0.3, 0.4) is 0 Å². The van der Waals surface area contributed by atoms with E-state index in [-0.39, 0.29) is 19.6 Å². The first-order valence-corrected chi connectivity index (χ1v) is 10.9. The number of thiocarbonyl (C=S) groups is 1. The van der Waals surface area contributed by atoms with Crippen LogP contribution >= 0.6 is 12.2 Å². The van der Waals surface area contributed by atoms with Crippen molar-refractivity contribution in [1.29, 1.82) is 0 Å². The number of hydrogen-bond donors (Lipinski definition) is 2. The second-order valence-corrected chi connectivity index (χ2v) is 8.75. The number of ether oxygens (including phenoxy) is 4. The predicted molar refractivity (Wildman–Crippen MR) is 120 cm³/mol. The Bertz CT molecular complexity index is 1160. The fourth-order valence-corrected chi connectivity index (χ4v) is 4.96. The van der Waals surface area contributed by atoms with Gasteiger partial charge < -0.3 is 29.6 Å². The molecule has 0 saturated heterocycles. The van der Waals surface area contributed by atoms with E-state index in [4.69, 9.17) is 31.2 Å². The van der Waals surface area contributed by atoms with E-state index in [0.717, 1.165) is 52.7 Å². The first-order chi connectivity index (χ1) is 15.1. The summed E-state index contributed by atoms with van der Waals surface area (Å²) >= 11 is 5.59. The van der Waals surface area contributed by atoms with Crippen LogP contribution in [-0.2, 0) is 0 Å². The Hall–Kier alpha value is -3.19. The molecule has 3 aliphatic heterocycles. The van der Waals surface area contributed by atoms with Crippen molar-refractivity contribution in [1.82, 2.24) is 10.6 Å². The lowest BCUT2D eigenvalue weighted by Gasteiger charge is -2.38. The van der Waals surface area contributed by atoms with Crippen molar-refractivity contribution < 1.29 is 18.9 Å². The summed E-state index contributed by atoms with van der Waals surface area (Å²) in [4.78, 5) is 0. The second kappa shape index (κ2) is 7.20. The van der Waals surface area contributed by atoms with Crippen molar-refractivity contribution in [3.8, 4) is 23.0 Å². The maximum atomic E-state index is 5.60. The van der Waals surface area contributed by atoms with Crippen molar-refractivity contribution in [2.75, 3.05) is 13.6 Å². The van der Waals surface area contributed by atoms with Crippen molar-refractivity contribution in [2.45, 2.75) is 25.8 Å². The van der Waals surface area contributed by atoms with Gasteiger partial charge in [0.1, 0.15) is 0 Å². The molecule has 3 heterocycles. The molecule has 2 N–H and O–H groups in total. The van der Waals surface area contributed by atoms with Gasteiger partial charge in [-0.15, -0.1) is 0 Å². The van der Waals surface area contributed by atoms with E-state index in [1.165, 1.54) is 11.1 Å². The molecule has 0 bridgehead atoms. The summed E-state index contributed by atoms with van der Waals surface area (Å²) in [6.07, 6.45) is 4.21. The van der Waals surface area contributed by atoms with Crippen LogP contribution in [0, 0.1) is 5.92 Å². The van der Waals surface area contributed by atoms with Crippen molar-refractivity contribution in [2.24, 2.45) is 5.92 Å². The van der Waals surface area contributed by atoms with Crippen LogP contribution in [0.4, 0.5) is 0 Å².